The Bertz CT molecular complexity index is 809. The first-order chi connectivity index (χ1) is 13.7. The van der Waals surface area contributed by atoms with Gasteiger partial charge in [0, 0.05) is 31.6 Å². The summed E-state index contributed by atoms with van der Waals surface area (Å²) >= 11 is 0. The molecule has 0 radical (unpaired) electrons. The van der Waals surface area contributed by atoms with Crippen molar-refractivity contribution in [3.63, 3.8) is 0 Å². The molecule has 1 heterocycles. The molecular weight excluding hydrogens is 386 g/mol. The second-order valence-corrected chi connectivity index (χ2v) is 6.65. The molecule has 11 heteroatoms. The Hall–Kier alpha value is -3.05. The minimum atomic E-state index is -1.04. The van der Waals surface area contributed by atoms with Crippen LogP contribution in [-0.4, -0.2) is 84.6 Å². The van der Waals surface area contributed by atoms with Crippen molar-refractivity contribution in [1.82, 2.24) is 9.80 Å². The van der Waals surface area contributed by atoms with Gasteiger partial charge in [0.05, 0.1) is 29.3 Å². The van der Waals surface area contributed by atoms with Crippen molar-refractivity contribution in [3.8, 4) is 5.75 Å². The van der Waals surface area contributed by atoms with Gasteiger partial charge in [0.2, 0.25) is 0 Å². The van der Waals surface area contributed by atoms with Gasteiger partial charge < -0.3 is 19.5 Å². The summed E-state index contributed by atoms with van der Waals surface area (Å²) in [5, 5.41) is 20.1. The Morgan fingerprint density at radius 3 is 2.41 bits per heavy atom. The molecule has 0 saturated carbocycles. The third-order valence-corrected chi connectivity index (χ3v) is 4.19. The van der Waals surface area contributed by atoms with Gasteiger partial charge in [0.25, 0.3) is 11.8 Å². The second kappa shape index (κ2) is 9.94. The summed E-state index contributed by atoms with van der Waals surface area (Å²) in [6, 6.07) is 2.21. The number of likely N-dealkylation sites (N-methyl/N-ethyl adjacent to an activating group) is 1. The number of nitro groups is 1. The molecular formula is C18H23N3O8. The number of fused-ring (bicyclic) bond motifs is 1. The number of imide groups is 1. The largest absolute Gasteiger partial charge is 0.484 e. The van der Waals surface area contributed by atoms with Crippen LogP contribution < -0.4 is 4.74 Å². The average Bonchev–Trinajstić information content (AvgIpc) is 2.87. The van der Waals surface area contributed by atoms with E-state index in [1.165, 1.54) is 6.07 Å². The number of carbonyl (C=O) groups is 3. The lowest BCUT2D eigenvalue weighted by atomic mass is 10.1. The molecule has 1 aliphatic rings. The van der Waals surface area contributed by atoms with Gasteiger partial charge in [-0.3, -0.25) is 29.4 Å². The van der Waals surface area contributed by atoms with E-state index in [-0.39, 0.29) is 49.5 Å². The molecule has 158 valence electrons. The predicted molar refractivity (Wildman–Crippen MR) is 100 cm³/mol. The van der Waals surface area contributed by atoms with Crippen molar-refractivity contribution in [2.45, 2.75) is 12.8 Å². The molecule has 0 saturated heterocycles. The second-order valence-electron chi connectivity index (χ2n) is 6.65. The molecule has 2 amide bonds. The van der Waals surface area contributed by atoms with Crippen LogP contribution in [0, 0.1) is 10.1 Å². The molecule has 29 heavy (non-hydrogen) atoms. The lowest BCUT2D eigenvalue weighted by molar-refractivity contribution is -0.385. The molecule has 1 aromatic carbocycles. The number of nitro benzene ring substituents is 1. The molecule has 11 nitrogen and oxygen atoms in total. The highest BCUT2D eigenvalue weighted by Crippen LogP contribution is 2.35. The van der Waals surface area contributed by atoms with Gasteiger partial charge >= 0.3 is 11.7 Å². The maximum Gasteiger partial charge on any atom is 0.311 e. The van der Waals surface area contributed by atoms with E-state index in [9.17, 15) is 24.5 Å². The molecule has 1 aliphatic heterocycles. The zero-order chi connectivity index (χ0) is 21.6. The lowest BCUT2D eigenvalue weighted by Crippen LogP contribution is -2.31. The van der Waals surface area contributed by atoms with Crippen LogP contribution in [0.1, 0.15) is 33.6 Å². The first-order valence-electron chi connectivity index (χ1n) is 8.98. The number of ether oxygens (including phenoxy) is 2. The van der Waals surface area contributed by atoms with Crippen molar-refractivity contribution < 1.29 is 33.9 Å². The Kier molecular flexibility index (Phi) is 7.62. The zero-order valence-corrected chi connectivity index (χ0v) is 16.3. The van der Waals surface area contributed by atoms with Crippen LogP contribution >= 0.6 is 0 Å². The maximum absolute atomic E-state index is 12.5. The van der Waals surface area contributed by atoms with Crippen molar-refractivity contribution in [2.75, 3.05) is 47.0 Å². The van der Waals surface area contributed by atoms with Crippen molar-refractivity contribution in [1.29, 1.82) is 0 Å². The zero-order valence-electron chi connectivity index (χ0n) is 16.3. The number of hydrogen-bond donors (Lipinski definition) is 1. The SMILES string of the molecule is CN(C)CCOCCOc1cc2c(cc1[N+](=O)[O-])C(=O)N(CCCC(=O)O)C2=O. The van der Waals surface area contributed by atoms with Crippen LogP contribution in [0.3, 0.4) is 0 Å². The van der Waals surface area contributed by atoms with Gasteiger partial charge in [0.1, 0.15) is 6.61 Å². The summed E-state index contributed by atoms with van der Waals surface area (Å²) < 4.78 is 10.8. The van der Waals surface area contributed by atoms with Crippen molar-refractivity contribution in [3.05, 3.63) is 33.4 Å². The Morgan fingerprint density at radius 1 is 1.17 bits per heavy atom. The maximum atomic E-state index is 12.5. The van der Waals surface area contributed by atoms with Gasteiger partial charge in [-0.25, -0.2) is 0 Å². The molecule has 0 fully saturated rings. The van der Waals surface area contributed by atoms with E-state index >= 15 is 0 Å². The Balaban J connectivity index is 2.09. The van der Waals surface area contributed by atoms with Crippen molar-refractivity contribution in [2.24, 2.45) is 0 Å². The normalized spacial score (nSPS) is 13.1. The standard InChI is InChI=1S/C18H23N3O8/c1-19(2)6-7-28-8-9-29-15-11-13-12(10-14(15)21(26)27)17(24)20(18(13)25)5-3-4-16(22)23/h10-11H,3-9H2,1-2H3,(H,22,23). The molecule has 1 aromatic rings. The molecule has 1 N–H and O–H groups in total. The number of benzene rings is 1. The fraction of sp³-hybridized carbons (Fsp3) is 0.500. The van der Waals surface area contributed by atoms with Gasteiger partial charge in [-0.15, -0.1) is 0 Å². The number of amides is 2. The monoisotopic (exact) mass is 409 g/mol. The number of carboxylic acids is 1. The van der Waals surface area contributed by atoms with Crippen LogP contribution in [0.2, 0.25) is 0 Å². The highest BCUT2D eigenvalue weighted by molar-refractivity contribution is 6.21. The number of carbonyl (C=O) groups excluding carboxylic acids is 2. The number of carboxylic acid groups (broad SMARTS) is 1. The highest BCUT2D eigenvalue weighted by atomic mass is 16.6. The average molecular weight is 409 g/mol. The molecule has 0 aromatic heterocycles. The molecule has 0 unspecified atom stereocenters. The number of hydrogen-bond acceptors (Lipinski definition) is 8. The van der Waals surface area contributed by atoms with E-state index in [0.29, 0.717) is 13.2 Å². The third-order valence-electron chi connectivity index (χ3n) is 4.19. The summed E-state index contributed by atoms with van der Waals surface area (Å²) in [6.45, 7) is 1.35. The van der Waals surface area contributed by atoms with E-state index < -0.39 is 28.4 Å². The fourth-order valence-corrected chi connectivity index (χ4v) is 2.71. The molecule has 0 atom stereocenters. The van der Waals surface area contributed by atoms with E-state index in [4.69, 9.17) is 14.6 Å². The number of nitrogens with zero attached hydrogens (tertiary/aromatic N) is 3. The number of rotatable bonds is 12. The predicted octanol–water partition coefficient (Wildman–Crippen LogP) is 1.01. The summed E-state index contributed by atoms with van der Waals surface area (Å²) in [4.78, 5) is 49.1. The highest BCUT2D eigenvalue weighted by Gasteiger charge is 2.38. The summed E-state index contributed by atoms with van der Waals surface area (Å²) in [5.41, 5.74) is -0.517. The Morgan fingerprint density at radius 2 is 1.83 bits per heavy atom. The fourth-order valence-electron chi connectivity index (χ4n) is 2.71. The van der Waals surface area contributed by atoms with Gasteiger partial charge in [-0.2, -0.15) is 0 Å². The van der Waals surface area contributed by atoms with Crippen LogP contribution in [0.4, 0.5) is 5.69 Å². The summed E-state index contributed by atoms with van der Waals surface area (Å²) in [6.07, 6.45) is -0.105. The van der Waals surface area contributed by atoms with E-state index in [2.05, 4.69) is 0 Å². The van der Waals surface area contributed by atoms with Gasteiger partial charge in [0.15, 0.2) is 5.75 Å². The quantitative estimate of drug-likeness (QED) is 0.232. The summed E-state index contributed by atoms with van der Waals surface area (Å²) in [5.74, 6) is -2.48. The third kappa shape index (κ3) is 5.72. The van der Waals surface area contributed by atoms with E-state index in [0.717, 1.165) is 11.0 Å². The molecule has 0 bridgehead atoms. The molecule has 0 spiro atoms. The molecule has 2 rings (SSSR count). The first-order valence-corrected chi connectivity index (χ1v) is 8.98. The minimum Gasteiger partial charge on any atom is -0.484 e. The topological polar surface area (TPSA) is 140 Å². The van der Waals surface area contributed by atoms with Crippen molar-refractivity contribution >= 4 is 23.5 Å². The van der Waals surface area contributed by atoms with Crippen LogP contribution in [0.25, 0.3) is 0 Å². The summed E-state index contributed by atoms with van der Waals surface area (Å²) in [7, 11) is 3.80. The van der Waals surface area contributed by atoms with Gasteiger partial charge in [-0.1, -0.05) is 0 Å². The van der Waals surface area contributed by atoms with Crippen LogP contribution in [0.5, 0.6) is 5.75 Å². The van der Waals surface area contributed by atoms with Gasteiger partial charge in [-0.05, 0) is 20.5 Å². The minimum absolute atomic E-state index is 0.000508. The Labute approximate surface area is 166 Å². The smallest absolute Gasteiger partial charge is 0.311 e. The number of aliphatic carboxylic acids is 1. The first kappa shape index (κ1) is 22.2. The van der Waals surface area contributed by atoms with Crippen LogP contribution in [0.15, 0.2) is 12.1 Å². The van der Waals surface area contributed by atoms with E-state index in [1.807, 2.05) is 19.0 Å². The molecule has 0 aliphatic carbocycles. The van der Waals surface area contributed by atoms with Crippen LogP contribution in [-0.2, 0) is 9.53 Å². The lowest BCUT2D eigenvalue weighted by Gasteiger charge is -2.12. The van der Waals surface area contributed by atoms with E-state index in [1.54, 1.807) is 0 Å².